The van der Waals surface area contributed by atoms with Gasteiger partial charge in [0.1, 0.15) is 17.1 Å². The maximum atomic E-state index is 12.4. The highest BCUT2D eigenvalue weighted by Gasteiger charge is 2.45. The van der Waals surface area contributed by atoms with Crippen molar-refractivity contribution in [3.8, 4) is 11.5 Å². The molecule has 1 aromatic carbocycles. The summed E-state index contributed by atoms with van der Waals surface area (Å²) in [7, 11) is 1.62. The Hall–Kier alpha value is -1.85. The minimum Gasteiger partial charge on any atom is -0.482 e. The molecule has 2 aliphatic rings. The second-order valence-corrected chi connectivity index (χ2v) is 8.34. The first-order valence-corrected chi connectivity index (χ1v) is 9.20. The lowest BCUT2D eigenvalue weighted by molar-refractivity contribution is -0.143. The van der Waals surface area contributed by atoms with E-state index in [0.717, 1.165) is 35.3 Å². The third-order valence-corrected chi connectivity index (χ3v) is 5.30. The van der Waals surface area contributed by atoms with Crippen molar-refractivity contribution in [3.05, 3.63) is 28.3 Å². The summed E-state index contributed by atoms with van der Waals surface area (Å²) in [5.41, 5.74) is 6.18. The second kappa shape index (κ2) is 6.71. The molecule has 1 aliphatic carbocycles. The molecule has 5 heteroatoms. The number of benzene rings is 1. The van der Waals surface area contributed by atoms with Crippen LogP contribution in [0.1, 0.15) is 56.7 Å². The Balaban J connectivity index is 2.01. The molecule has 26 heavy (non-hydrogen) atoms. The second-order valence-electron chi connectivity index (χ2n) is 8.34. The van der Waals surface area contributed by atoms with Crippen LogP contribution in [0.5, 0.6) is 11.5 Å². The van der Waals surface area contributed by atoms with E-state index in [1.165, 1.54) is 12.0 Å². The molecule has 0 unspecified atom stereocenters. The quantitative estimate of drug-likeness (QED) is 0.498. The third-order valence-electron chi connectivity index (χ3n) is 5.30. The molecule has 1 aliphatic heterocycles. The monoisotopic (exact) mass is 359 g/mol. The van der Waals surface area contributed by atoms with Crippen molar-refractivity contribution in [1.29, 1.82) is 0 Å². The lowest BCUT2D eigenvalue weighted by atomic mass is 9.72. The van der Waals surface area contributed by atoms with E-state index < -0.39 is 5.41 Å². The molecule has 0 aromatic heterocycles. The van der Waals surface area contributed by atoms with E-state index in [-0.39, 0.29) is 11.6 Å². The molecular weight excluding hydrogens is 330 g/mol. The molecule has 0 amide bonds. The number of nitrogens with one attached hydrogen (secondary N) is 1. The summed E-state index contributed by atoms with van der Waals surface area (Å²) in [4.78, 5) is 17.4. The number of carbonyl (C=O) groups excluding carboxylic acids is 1. The lowest BCUT2D eigenvalue weighted by Crippen LogP contribution is -2.49. The summed E-state index contributed by atoms with van der Waals surface area (Å²) in [5.74, 6) is 1.27. The number of carbonyl (C=O) groups is 1. The maximum Gasteiger partial charge on any atom is 0.316 e. The summed E-state index contributed by atoms with van der Waals surface area (Å²) in [6.07, 6.45) is 5.37. The summed E-state index contributed by atoms with van der Waals surface area (Å²) >= 11 is 0. The molecule has 1 spiro atoms. The van der Waals surface area contributed by atoms with Crippen LogP contribution >= 0.6 is 0 Å². The first-order valence-electron chi connectivity index (χ1n) is 9.20. The van der Waals surface area contributed by atoms with Crippen molar-refractivity contribution in [2.75, 3.05) is 13.7 Å². The predicted molar refractivity (Wildman–Crippen MR) is 101 cm³/mol. The Labute approximate surface area is 155 Å². The number of aryl methyl sites for hydroxylation is 1. The number of rotatable bonds is 4. The maximum absolute atomic E-state index is 12.4. The van der Waals surface area contributed by atoms with Gasteiger partial charge in [-0.15, -0.1) is 0 Å². The molecule has 1 fully saturated rings. The van der Waals surface area contributed by atoms with Gasteiger partial charge >= 0.3 is 5.97 Å². The molecule has 1 N–H and O–H groups in total. The minimum atomic E-state index is -0.551. The van der Waals surface area contributed by atoms with Crippen LogP contribution in [-0.2, 0) is 9.63 Å². The van der Waals surface area contributed by atoms with Crippen molar-refractivity contribution in [2.45, 2.75) is 59.5 Å². The highest BCUT2D eigenvalue weighted by molar-refractivity contribution is 5.80. The Kier molecular flexibility index (Phi) is 4.88. The van der Waals surface area contributed by atoms with E-state index in [1.807, 2.05) is 40.7 Å². The van der Waals surface area contributed by atoms with Gasteiger partial charge in [-0.05, 0) is 77.2 Å². The molecule has 0 atom stereocenters. The van der Waals surface area contributed by atoms with Crippen molar-refractivity contribution < 1.29 is 19.1 Å². The number of hydroxylamine groups is 1. The smallest absolute Gasteiger partial charge is 0.316 e. The van der Waals surface area contributed by atoms with Gasteiger partial charge in [0.15, 0.2) is 0 Å². The average molecular weight is 359 g/mol. The molecule has 1 aromatic rings. The van der Waals surface area contributed by atoms with Gasteiger partial charge in [0.25, 0.3) is 0 Å². The summed E-state index contributed by atoms with van der Waals surface area (Å²) in [5, 5.41) is 0. The summed E-state index contributed by atoms with van der Waals surface area (Å²) in [6.45, 7) is 10.1. The Morgan fingerprint density at radius 1 is 1.31 bits per heavy atom. The van der Waals surface area contributed by atoms with Gasteiger partial charge in [0.2, 0.25) is 0 Å². The standard InChI is InChI=1S/C21H29NO4/c1-13-10-17-16(14(2)18(13)25-19(23)20(3,4)5)11-15(12-22-24-6)21(26-17)8-7-9-21/h10-11,22H,7-9,12H2,1-6H3. The van der Waals surface area contributed by atoms with Crippen molar-refractivity contribution >= 4 is 12.0 Å². The molecule has 1 saturated carbocycles. The lowest BCUT2D eigenvalue weighted by Gasteiger charge is -2.46. The Bertz CT molecular complexity index is 754. The molecule has 1 heterocycles. The first-order chi connectivity index (χ1) is 12.2. The van der Waals surface area contributed by atoms with Gasteiger partial charge in [-0.3, -0.25) is 4.79 Å². The van der Waals surface area contributed by atoms with Crippen LogP contribution in [0.3, 0.4) is 0 Å². The number of ether oxygens (including phenoxy) is 2. The average Bonchev–Trinajstić information content (AvgIpc) is 2.53. The Morgan fingerprint density at radius 3 is 2.54 bits per heavy atom. The van der Waals surface area contributed by atoms with Gasteiger partial charge in [-0.1, -0.05) is 0 Å². The summed E-state index contributed by atoms with van der Waals surface area (Å²) in [6, 6.07) is 1.99. The molecule has 142 valence electrons. The molecule has 5 nitrogen and oxygen atoms in total. The van der Waals surface area contributed by atoms with E-state index in [0.29, 0.717) is 12.3 Å². The van der Waals surface area contributed by atoms with Gasteiger partial charge in [0, 0.05) is 17.7 Å². The third kappa shape index (κ3) is 3.26. The van der Waals surface area contributed by atoms with Gasteiger partial charge in [0.05, 0.1) is 12.5 Å². The van der Waals surface area contributed by atoms with Crippen molar-refractivity contribution in [1.82, 2.24) is 5.48 Å². The summed E-state index contributed by atoms with van der Waals surface area (Å²) < 4.78 is 12.2. The molecular formula is C21H29NO4. The van der Waals surface area contributed by atoms with E-state index in [2.05, 4.69) is 11.6 Å². The fourth-order valence-electron chi connectivity index (χ4n) is 3.47. The SMILES string of the molecule is CONCC1=Cc2c(cc(C)c(OC(=O)C(C)(C)C)c2C)OC12CCC2. The zero-order chi connectivity index (χ0) is 19.1. The predicted octanol–water partition coefficient (Wildman–Crippen LogP) is 4.10. The van der Waals surface area contributed by atoms with Crippen LogP contribution < -0.4 is 15.0 Å². The van der Waals surface area contributed by atoms with Crippen molar-refractivity contribution in [2.24, 2.45) is 5.41 Å². The largest absolute Gasteiger partial charge is 0.482 e. The highest BCUT2D eigenvalue weighted by Crippen LogP contribution is 2.49. The number of esters is 1. The minimum absolute atomic E-state index is 0.221. The first kappa shape index (κ1) is 18.9. The molecule has 0 bridgehead atoms. The van der Waals surface area contributed by atoms with Gasteiger partial charge < -0.3 is 14.3 Å². The van der Waals surface area contributed by atoms with Crippen LogP contribution in [0, 0.1) is 19.3 Å². The number of hydrogen-bond donors (Lipinski definition) is 1. The van der Waals surface area contributed by atoms with Gasteiger partial charge in [-0.2, -0.15) is 5.48 Å². The fraction of sp³-hybridized carbons (Fsp3) is 0.571. The molecule has 0 saturated heterocycles. The fourth-order valence-corrected chi connectivity index (χ4v) is 3.47. The molecule has 0 radical (unpaired) electrons. The van der Waals surface area contributed by atoms with Crippen molar-refractivity contribution in [3.63, 3.8) is 0 Å². The highest BCUT2D eigenvalue weighted by atomic mass is 16.6. The number of hydrogen-bond acceptors (Lipinski definition) is 5. The van der Waals surface area contributed by atoms with Crippen LogP contribution in [0.25, 0.3) is 6.08 Å². The van der Waals surface area contributed by atoms with Crippen LogP contribution in [0.2, 0.25) is 0 Å². The molecule has 3 rings (SSSR count). The van der Waals surface area contributed by atoms with Gasteiger partial charge in [-0.25, -0.2) is 0 Å². The van der Waals surface area contributed by atoms with E-state index in [4.69, 9.17) is 14.3 Å². The van der Waals surface area contributed by atoms with Crippen LogP contribution in [0.15, 0.2) is 11.6 Å². The van der Waals surface area contributed by atoms with Crippen LogP contribution in [0.4, 0.5) is 0 Å². The normalized spacial score (nSPS) is 17.8. The zero-order valence-corrected chi connectivity index (χ0v) is 16.6. The zero-order valence-electron chi connectivity index (χ0n) is 16.6. The van der Waals surface area contributed by atoms with E-state index in [1.54, 1.807) is 7.11 Å². The van der Waals surface area contributed by atoms with E-state index in [9.17, 15) is 4.79 Å². The topological polar surface area (TPSA) is 56.8 Å². The number of fused-ring (bicyclic) bond motifs is 1. The Morgan fingerprint density at radius 2 is 2.00 bits per heavy atom. The van der Waals surface area contributed by atoms with E-state index >= 15 is 0 Å². The van der Waals surface area contributed by atoms with Crippen LogP contribution in [-0.4, -0.2) is 25.2 Å².